The fourth-order valence-corrected chi connectivity index (χ4v) is 1.81. The molecule has 5 heteroatoms. The first-order valence-corrected chi connectivity index (χ1v) is 6.24. The molecule has 0 fully saturated rings. The van der Waals surface area contributed by atoms with Crippen LogP contribution in [0.25, 0.3) is 0 Å². The van der Waals surface area contributed by atoms with E-state index >= 15 is 0 Å². The van der Waals surface area contributed by atoms with Crippen LogP contribution in [-0.2, 0) is 0 Å². The van der Waals surface area contributed by atoms with Crippen LogP contribution >= 0.6 is 43.5 Å². The zero-order valence-electron chi connectivity index (χ0n) is 7.21. The van der Waals surface area contributed by atoms with E-state index in [1.165, 1.54) is 0 Å². The lowest BCUT2D eigenvalue weighted by Gasteiger charge is -2.11. The number of rotatable bonds is 4. The number of hydrogen-bond donors (Lipinski definition) is 1. The molecule has 0 heterocycles. The van der Waals surface area contributed by atoms with Gasteiger partial charge in [-0.3, -0.25) is 0 Å². The summed E-state index contributed by atoms with van der Waals surface area (Å²) in [4.78, 5) is 0. The van der Waals surface area contributed by atoms with Crippen LogP contribution < -0.4 is 4.74 Å². The molecular weight excluding hydrogens is 335 g/mol. The summed E-state index contributed by atoms with van der Waals surface area (Å²) in [5, 5.41) is 10.4. The van der Waals surface area contributed by atoms with Crippen LogP contribution in [0.1, 0.15) is 0 Å². The standard InChI is InChI=1S/C9H9Br2ClO2/c10-4-7(13)5-14-9-2-1-6(12)3-8(9)11/h1-3,7,13H,4-5H2. The average Bonchev–Trinajstić information content (AvgIpc) is 2.16. The number of ether oxygens (including phenoxy) is 1. The Morgan fingerprint density at radius 1 is 1.50 bits per heavy atom. The lowest BCUT2D eigenvalue weighted by Crippen LogP contribution is -2.18. The molecule has 0 saturated carbocycles. The average molecular weight is 344 g/mol. The van der Waals surface area contributed by atoms with Gasteiger partial charge in [0.05, 0.1) is 10.6 Å². The Labute approximate surface area is 104 Å². The molecule has 1 aromatic rings. The van der Waals surface area contributed by atoms with Gasteiger partial charge in [-0.05, 0) is 34.1 Å². The van der Waals surface area contributed by atoms with Crippen molar-refractivity contribution in [2.45, 2.75) is 6.10 Å². The molecule has 1 aromatic carbocycles. The highest BCUT2D eigenvalue weighted by molar-refractivity contribution is 9.10. The number of alkyl halides is 1. The third kappa shape index (κ3) is 3.77. The Morgan fingerprint density at radius 2 is 2.21 bits per heavy atom. The molecule has 1 N–H and O–H groups in total. The predicted octanol–water partition coefficient (Wildman–Crippen LogP) is 3.24. The van der Waals surface area contributed by atoms with E-state index in [0.717, 1.165) is 4.47 Å². The minimum atomic E-state index is -0.502. The number of benzene rings is 1. The van der Waals surface area contributed by atoms with Crippen molar-refractivity contribution < 1.29 is 9.84 Å². The summed E-state index contributed by atoms with van der Waals surface area (Å²) >= 11 is 12.2. The van der Waals surface area contributed by atoms with E-state index in [1.807, 2.05) is 0 Å². The molecule has 14 heavy (non-hydrogen) atoms. The molecule has 0 spiro atoms. The second-order valence-electron chi connectivity index (χ2n) is 2.69. The Bertz CT molecular complexity index is 307. The maximum absolute atomic E-state index is 9.25. The maximum atomic E-state index is 9.25. The Morgan fingerprint density at radius 3 is 2.79 bits per heavy atom. The number of aliphatic hydroxyl groups is 1. The number of aliphatic hydroxyl groups excluding tert-OH is 1. The van der Waals surface area contributed by atoms with E-state index in [-0.39, 0.29) is 6.61 Å². The van der Waals surface area contributed by atoms with E-state index in [4.69, 9.17) is 16.3 Å². The third-order valence-electron chi connectivity index (χ3n) is 1.50. The molecule has 0 aliphatic carbocycles. The van der Waals surface area contributed by atoms with Crippen molar-refractivity contribution in [3.63, 3.8) is 0 Å². The van der Waals surface area contributed by atoms with Crippen molar-refractivity contribution in [1.82, 2.24) is 0 Å². The quantitative estimate of drug-likeness (QED) is 0.850. The van der Waals surface area contributed by atoms with Gasteiger partial charge >= 0.3 is 0 Å². The Hall–Kier alpha value is 0.230. The zero-order chi connectivity index (χ0) is 10.6. The van der Waals surface area contributed by atoms with Crippen LogP contribution in [0.3, 0.4) is 0 Å². The summed E-state index contributed by atoms with van der Waals surface area (Å²) < 4.78 is 6.14. The van der Waals surface area contributed by atoms with Crippen LogP contribution in [0.15, 0.2) is 22.7 Å². The lowest BCUT2D eigenvalue weighted by atomic mass is 10.3. The third-order valence-corrected chi connectivity index (χ3v) is 3.11. The fourth-order valence-electron chi connectivity index (χ4n) is 0.823. The molecule has 78 valence electrons. The highest BCUT2D eigenvalue weighted by Gasteiger charge is 2.05. The molecule has 0 saturated heterocycles. The predicted molar refractivity (Wildman–Crippen MR) is 64.4 cm³/mol. The highest BCUT2D eigenvalue weighted by atomic mass is 79.9. The molecule has 0 amide bonds. The maximum Gasteiger partial charge on any atom is 0.133 e. The summed E-state index contributed by atoms with van der Waals surface area (Å²) in [5.74, 6) is 0.675. The van der Waals surface area contributed by atoms with Gasteiger partial charge in [0.25, 0.3) is 0 Å². The van der Waals surface area contributed by atoms with Crippen LogP contribution in [-0.4, -0.2) is 23.1 Å². The SMILES string of the molecule is OC(CBr)COc1ccc(Cl)cc1Br. The van der Waals surface area contributed by atoms with Crippen molar-refractivity contribution in [3.05, 3.63) is 27.7 Å². The van der Waals surface area contributed by atoms with Crippen molar-refractivity contribution in [1.29, 1.82) is 0 Å². The smallest absolute Gasteiger partial charge is 0.133 e. The van der Waals surface area contributed by atoms with Crippen LogP contribution in [0.2, 0.25) is 5.02 Å². The van der Waals surface area contributed by atoms with E-state index in [9.17, 15) is 5.11 Å². The second kappa shape index (κ2) is 5.95. The van der Waals surface area contributed by atoms with Gasteiger partial charge in [-0.1, -0.05) is 27.5 Å². The Balaban J connectivity index is 2.59. The first-order chi connectivity index (χ1) is 6.63. The van der Waals surface area contributed by atoms with Crippen molar-refractivity contribution in [2.24, 2.45) is 0 Å². The highest BCUT2D eigenvalue weighted by Crippen LogP contribution is 2.27. The van der Waals surface area contributed by atoms with Gasteiger partial charge in [0.1, 0.15) is 12.4 Å². The molecule has 0 aromatic heterocycles. The topological polar surface area (TPSA) is 29.5 Å². The van der Waals surface area contributed by atoms with E-state index < -0.39 is 6.10 Å². The summed E-state index contributed by atoms with van der Waals surface area (Å²) in [5.41, 5.74) is 0. The van der Waals surface area contributed by atoms with Crippen molar-refractivity contribution in [3.8, 4) is 5.75 Å². The monoisotopic (exact) mass is 342 g/mol. The van der Waals surface area contributed by atoms with Gasteiger partial charge < -0.3 is 9.84 Å². The summed E-state index contributed by atoms with van der Waals surface area (Å²) in [6.07, 6.45) is -0.502. The zero-order valence-corrected chi connectivity index (χ0v) is 11.1. The van der Waals surface area contributed by atoms with Gasteiger partial charge in [-0.15, -0.1) is 0 Å². The molecule has 2 nitrogen and oxygen atoms in total. The van der Waals surface area contributed by atoms with Gasteiger partial charge in [0, 0.05) is 10.4 Å². The summed E-state index contributed by atoms with van der Waals surface area (Å²) in [6, 6.07) is 5.24. The molecule has 0 aliphatic rings. The normalized spacial score (nSPS) is 12.6. The molecular formula is C9H9Br2ClO2. The number of hydrogen-bond acceptors (Lipinski definition) is 2. The van der Waals surface area contributed by atoms with Crippen molar-refractivity contribution in [2.75, 3.05) is 11.9 Å². The van der Waals surface area contributed by atoms with Crippen molar-refractivity contribution >= 4 is 43.5 Å². The minimum Gasteiger partial charge on any atom is -0.490 e. The van der Waals surface area contributed by atoms with Crippen LogP contribution in [0, 0.1) is 0 Å². The Kier molecular flexibility index (Phi) is 5.23. The van der Waals surface area contributed by atoms with Gasteiger partial charge in [0.2, 0.25) is 0 Å². The molecule has 1 unspecified atom stereocenters. The first kappa shape index (κ1) is 12.3. The minimum absolute atomic E-state index is 0.255. The van der Waals surface area contributed by atoms with Gasteiger partial charge in [0.15, 0.2) is 0 Å². The van der Waals surface area contributed by atoms with Crippen LogP contribution in [0.4, 0.5) is 0 Å². The van der Waals surface area contributed by atoms with E-state index in [1.54, 1.807) is 18.2 Å². The largest absolute Gasteiger partial charge is 0.490 e. The number of halogens is 3. The van der Waals surface area contributed by atoms with Gasteiger partial charge in [-0.2, -0.15) is 0 Å². The van der Waals surface area contributed by atoms with E-state index in [2.05, 4.69) is 31.9 Å². The first-order valence-electron chi connectivity index (χ1n) is 3.95. The fraction of sp³-hybridized carbons (Fsp3) is 0.333. The molecule has 0 radical (unpaired) electrons. The van der Waals surface area contributed by atoms with Gasteiger partial charge in [-0.25, -0.2) is 0 Å². The van der Waals surface area contributed by atoms with Crippen LogP contribution in [0.5, 0.6) is 5.75 Å². The molecule has 1 rings (SSSR count). The second-order valence-corrected chi connectivity index (χ2v) is 4.63. The summed E-state index contributed by atoms with van der Waals surface area (Å²) in [7, 11) is 0. The molecule has 0 bridgehead atoms. The molecule has 1 atom stereocenters. The lowest BCUT2D eigenvalue weighted by molar-refractivity contribution is 0.127. The molecule has 0 aliphatic heterocycles. The summed E-state index contributed by atoms with van der Waals surface area (Å²) in [6.45, 7) is 0.255. The van der Waals surface area contributed by atoms with E-state index in [0.29, 0.717) is 16.1 Å².